The largest absolute Gasteiger partial charge is 0.282 e. The lowest BCUT2D eigenvalue weighted by atomic mass is 9.90. The van der Waals surface area contributed by atoms with Gasteiger partial charge in [-0.1, -0.05) is 18.0 Å². The topological polar surface area (TPSA) is 41.5 Å². The molecule has 2 saturated carbocycles. The van der Waals surface area contributed by atoms with Gasteiger partial charge in [-0.2, -0.15) is 5.10 Å². The monoisotopic (exact) mass is 350 g/mol. The van der Waals surface area contributed by atoms with Crippen LogP contribution in [0.5, 0.6) is 0 Å². The molecule has 1 N–H and O–H groups in total. The molecule has 0 unspecified atom stereocenters. The van der Waals surface area contributed by atoms with E-state index >= 15 is 0 Å². The van der Waals surface area contributed by atoms with Crippen molar-refractivity contribution in [2.24, 2.45) is 22.9 Å². The summed E-state index contributed by atoms with van der Waals surface area (Å²) >= 11 is 7.42. The Morgan fingerprint density at radius 1 is 1.39 bits per heavy atom. The zero-order valence-corrected chi connectivity index (χ0v) is 14.0. The van der Waals surface area contributed by atoms with Crippen LogP contribution in [0, 0.1) is 23.6 Å². The van der Waals surface area contributed by atoms with Gasteiger partial charge < -0.3 is 0 Å². The summed E-state index contributed by atoms with van der Waals surface area (Å²) in [6, 6.07) is 4.33. The number of rotatable bonds is 3. The first-order valence-electron chi connectivity index (χ1n) is 7.83. The van der Waals surface area contributed by atoms with Gasteiger partial charge in [0.1, 0.15) is 10.7 Å². The number of hydrazone groups is 1. The quantitative estimate of drug-likeness (QED) is 0.624. The lowest BCUT2D eigenvalue weighted by Crippen LogP contribution is -2.19. The van der Waals surface area contributed by atoms with Gasteiger partial charge in [0.25, 0.3) is 5.91 Å². The number of amides is 1. The number of carbonyl (C=O) groups excluding carboxylic acids is 1. The average Bonchev–Trinajstić information content (AvgIpc) is 3.22. The van der Waals surface area contributed by atoms with Gasteiger partial charge in [0.15, 0.2) is 0 Å². The Bertz CT molecular complexity index is 803. The predicted octanol–water partition coefficient (Wildman–Crippen LogP) is 4.85. The van der Waals surface area contributed by atoms with E-state index in [1.54, 1.807) is 6.07 Å². The first kappa shape index (κ1) is 15.1. The highest BCUT2D eigenvalue weighted by molar-refractivity contribution is 7.21. The van der Waals surface area contributed by atoms with Crippen LogP contribution in [0.3, 0.4) is 0 Å². The van der Waals surface area contributed by atoms with Crippen LogP contribution in [-0.4, -0.2) is 12.1 Å². The highest BCUT2D eigenvalue weighted by atomic mass is 35.5. The number of halogens is 2. The summed E-state index contributed by atoms with van der Waals surface area (Å²) in [5.74, 6) is 1.39. The zero-order valence-electron chi connectivity index (χ0n) is 12.4. The number of benzene rings is 1. The molecular formula is C17H16ClFN2OS. The number of nitrogens with zero attached hydrogens (tertiary/aromatic N) is 1. The number of thiophene rings is 1. The van der Waals surface area contributed by atoms with Crippen LogP contribution in [0.4, 0.5) is 4.39 Å². The van der Waals surface area contributed by atoms with Crippen molar-refractivity contribution < 1.29 is 9.18 Å². The fourth-order valence-electron chi connectivity index (χ4n) is 3.90. The Morgan fingerprint density at radius 3 is 3.00 bits per heavy atom. The summed E-state index contributed by atoms with van der Waals surface area (Å²) in [7, 11) is 0. The number of hydrogen-bond donors (Lipinski definition) is 1. The van der Waals surface area contributed by atoms with Crippen molar-refractivity contribution >= 4 is 45.1 Å². The summed E-state index contributed by atoms with van der Waals surface area (Å²) in [4.78, 5) is 12.6. The Kier molecular flexibility index (Phi) is 3.85. The van der Waals surface area contributed by atoms with E-state index in [2.05, 4.69) is 10.5 Å². The van der Waals surface area contributed by atoms with Gasteiger partial charge in [-0.3, -0.25) is 4.79 Å². The fraction of sp³-hybridized carbons (Fsp3) is 0.412. The van der Waals surface area contributed by atoms with E-state index in [1.165, 1.54) is 49.2 Å². The van der Waals surface area contributed by atoms with Crippen LogP contribution in [0.2, 0.25) is 5.02 Å². The van der Waals surface area contributed by atoms with Gasteiger partial charge in [0.2, 0.25) is 0 Å². The maximum Gasteiger partial charge on any atom is 0.282 e. The van der Waals surface area contributed by atoms with E-state index in [0.29, 0.717) is 25.9 Å². The normalized spacial score (nSPS) is 26.4. The maximum atomic E-state index is 13.3. The molecule has 1 heterocycles. The lowest BCUT2D eigenvalue weighted by Gasteiger charge is -2.16. The molecule has 1 aromatic carbocycles. The smallest absolute Gasteiger partial charge is 0.266 e. The van der Waals surface area contributed by atoms with Gasteiger partial charge in [-0.05, 0) is 55.2 Å². The molecule has 1 aromatic heterocycles. The molecule has 3 nitrogen and oxygen atoms in total. The van der Waals surface area contributed by atoms with Crippen molar-refractivity contribution in [3.05, 3.63) is 33.9 Å². The summed E-state index contributed by atoms with van der Waals surface area (Å²) in [6.45, 7) is 0. The summed E-state index contributed by atoms with van der Waals surface area (Å²) in [5, 5.41) is 5.18. The van der Waals surface area contributed by atoms with Gasteiger partial charge >= 0.3 is 0 Å². The van der Waals surface area contributed by atoms with Crippen molar-refractivity contribution in [3.63, 3.8) is 0 Å². The van der Waals surface area contributed by atoms with Crippen molar-refractivity contribution in [1.29, 1.82) is 0 Å². The second-order valence-electron chi connectivity index (χ2n) is 6.44. The highest BCUT2D eigenvalue weighted by Crippen LogP contribution is 2.47. The molecule has 23 heavy (non-hydrogen) atoms. The van der Waals surface area contributed by atoms with Crippen LogP contribution >= 0.6 is 22.9 Å². The standard InChI is InChI=1S/C17H16ClFN2OS/c18-15-13-4-3-12(19)7-14(13)23-16(15)17(22)21-20-8-11-6-9-1-2-10(11)5-9/h3-4,7-11H,1-2,5-6H2,(H,21,22)/b20-8-/t9-,10+,11-/m0/s1. The minimum absolute atomic E-state index is 0.336. The van der Waals surface area contributed by atoms with E-state index in [9.17, 15) is 9.18 Å². The number of fused-ring (bicyclic) bond motifs is 3. The summed E-state index contributed by atoms with van der Waals surface area (Å²) in [5.41, 5.74) is 2.56. The molecule has 0 radical (unpaired) electrons. The van der Waals surface area contributed by atoms with E-state index in [-0.39, 0.29) is 11.7 Å². The third kappa shape index (κ3) is 2.76. The maximum absolute atomic E-state index is 13.3. The van der Waals surface area contributed by atoms with Gasteiger partial charge in [0, 0.05) is 16.3 Å². The Labute approximate surface area is 142 Å². The molecule has 2 fully saturated rings. The molecule has 2 aromatic rings. The van der Waals surface area contributed by atoms with Crippen LogP contribution in [0.15, 0.2) is 23.3 Å². The molecular weight excluding hydrogens is 335 g/mol. The molecule has 3 atom stereocenters. The second-order valence-corrected chi connectivity index (χ2v) is 7.87. The third-order valence-electron chi connectivity index (χ3n) is 5.02. The first-order chi connectivity index (χ1) is 11.1. The third-order valence-corrected chi connectivity index (χ3v) is 6.68. The van der Waals surface area contributed by atoms with E-state index in [1.807, 2.05) is 6.21 Å². The van der Waals surface area contributed by atoms with Crippen LogP contribution in [0.1, 0.15) is 35.4 Å². The highest BCUT2D eigenvalue weighted by Gasteiger charge is 2.38. The van der Waals surface area contributed by atoms with Gasteiger partial charge in [-0.15, -0.1) is 11.3 Å². The molecule has 2 aliphatic carbocycles. The van der Waals surface area contributed by atoms with Crippen LogP contribution < -0.4 is 5.43 Å². The number of carbonyl (C=O) groups is 1. The molecule has 120 valence electrons. The zero-order chi connectivity index (χ0) is 16.0. The molecule has 2 bridgehead atoms. The lowest BCUT2D eigenvalue weighted by molar-refractivity contribution is 0.0959. The number of hydrogen-bond acceptors (Lipinski definition) is 3. The Morgan fingerprint density at radius 2 is 2.26 bits per heavy atom. The van der Waals surface area contributed by atoms with Gasteiger partial charge in [-0.25, -0.2) is 9.82 Å². The Balaban J connectivity index is 1.48. The van der Waals surface area contributed by atoms with Crippen molar-refractivity contribution in [2.45, 2.75) is 25.7 Å². The number of nitrogens with one attached hydrogen (secondary N) is 1. The van der Waals surface area contributed by atoms with E-state index in [4.69, 9.17) is 11.6 Å². The van der Waals surface area contributed by atoms with Crippen LogP contribution in [0.25, 0.3) is 10.1 Å². The van der Waals surface area contributed by atoms with Crippen molar-refractivity contribution in [3.8, 4) is 0 Å². The molecule has 0 saturated heterocycles. The van der Waals surface area contributed by atoms with Crippen LogP contribution in [-0.2, 0) is 0 Å². The molecule has 0 aliphatic heterocycles. The Hall–Kier alpha value is -1.46. The second kappa shape index (κ2) is 5.87. The first-order valence-corrected chi connectivity index (χ1v) is 9.02. The molecule has 4 rings (SSSR count). The summed E-state index contributed by atoms with van der Waals surface area (Å²) in [6.07, 6.45) is 6.99. The SMILES string of the molecule is O=C(N/N=C\[C@@H]1C[C@H]2CC[C@@H]1C2)c1sc2cc(F)ccc2c1Cl. The minimum atomic E-state index is -0.337. The van der Waals surface area contributed by atoms with Crippen molar-refractivity contribution in [1.82, 2.24) is 5.43 Å². The molecule has 6 heteroatoms. The molecule has 1 amide bonds. The molecule has 2 aliphatic rings. The average molecular weight is 351 g/mol. The predicted molar refractivity (Wildman–Crippen MR) is 91.7 cm³/mol. The van der Waals surface area contributed by atoms with Gasteiger partial charge in [0.05, 0.1) is 5.02 Å². The van der Waals surface area contributed by atoms with E-state index in [0.717, 1.165) is 11.8 Å². The molecule has 0 spiro atoms. The summed E-state index contributed by atoms with van der Waals surface area (Å²) < 4.78 is 13.9. The minimum Gasteiger partial charge on any atom is -0.266 e. The van der Waals surface area contributed by atoms with Crippen molar-refractivity contribution in [2.75, 3.05) is 0 Å². The fourth-order valence-corrected chi connectivity index (χ4v) is 5.34. The van der Waals surface area contributed by atoms with E-state index < -0.39 is 0 Å².